The number of aromatic nitrogens is 2. The van der Waals surface area contributed by atoms with Crippen molar-refractivity contribution in [3.8, 4) is 11.9 Å². The molecule has 1 atom stereocenters. The van der Waals surface area contributed by atoms with Gasteiger partial charge in [0, 0.05) is 13.1 Å². The van der Waals surface area contributed by atoms with Crippen molar-refractivity contribution in [3.05, 3.63) is 35.9 Å². The number of carbonyl (C=O) groups is 1. The Hall–Kier alpha value is -3.03. The largest absolute Gasteiger partial charge is 0.479 e. The van der Waals surface area contributed by atoms with Gasteiger partial charge in [-0.3, -0.25) is 4.79 Å². The molecule has 0 spiro atoms. The van der Waals surface area contributed by atoms with E-state index in [1.165, 1.54) is 21.3 Å². The van der Waals surface area contributed by atoms with Gasteiger partial charge in [-0.15, -0.1) is 0 Å². The van der Waals surface area contributed by atoms with Gasteiger partial charge in [0.15, 0.2) is 5.82 Å². The standard InChI is InChI=1S/C18H22N4O4/c1-24-14(23)9-13-11-22(10-12-7-5-4-6-8-12)16-15(19-13)17(25-2)21-18(20-16)26-3/h4-8,13,19H,9-11H2,1-3H3. The van der Waals surface area contributed by atoms with E-state index in [1.807, 2.05) is 30.3 Å². The van der Waals surface area contributed by atoms with Gasteiger partial charge in [0.1, 0.15) is 5.69 Å². The Kier molecular flexibility index (Phi) is 5.40. The van der Waals surface area contributed by atoms with Crippen molar-refractivity contribution >= 4 is 17.5 Å². The second kappa shape index (κ2) is 7.90. The Morgan fingerprint density at radius 3 is 2.62 bits per heavy atom. The van der Waals surface area contributed by atoms with E-state index in [0.29, 0.717) is 30.5 Å². The van der Waals surface area contributed by atoms with Crippen LogP contribution in [0.2, 0.25) is 0 Å². The minimum absolute atomic E-state index is 0.149. The fraction of sp³-hybridized carbons (Fsp3) is 0.389. The Labute approximate surface area is 152 Å². The summed E-state index contributed by atoms with van der Waals surface area (Å²) in [6.07, 6.45) is 0.233. The highest BCUT2D eigenvalue weighted by Crippen LogP contribution is 2.38. The van der Waals surface area contributed by atoms with Gasteiger partial charge in [-0.2, -0.15) is 9.97 Å². The summed E-state index contributed by atoms with van der Waals surface area (Å²) < 4.78 is 15.4. The highest BCUT2D eigenvalue weighted by atomic mass is 16.5. The number of methoxy groups -OCH3 is 3. The summed E-state index contributed by atoms with van der Waals surface area (Å²) in [6.45, 7) is 1.22. The molecule has 8 heteroatoms. The number of hydrogen-bond donors (Lipinski definition) is 1. The van der Waals surface area contributed by atoms with Crippen molar-refractivity contribution in [2.24, 2.45) is 0 Å². The second-order valence-electron chi connectivity index (χ2n) is 5.91. The second-order valence-corrected chi connectivity index (χ2v) is 5.91. The van der Waals surface area contributed by atoms with Gasteiger partial charge in [-0.05, 0) is 5.56 Å². The molecule has 1 aliphatic rings. The monoisotopic (exact) mass is 358 g/mol. The number of anilines is 2. The lowest BCUT2D eigenvalue weighted by Gasteiger charge is -2.36. The van der Waals surface area contributed by atoms with Crippen molar-refractivity contribution in [1.82, 2.24) is 9.97 Å². The van der Waals surface area contributed by atoms with E-state index in [9.17, 15) is 4.79 Å². The summed E-state index contributed by atoms with van der Waals surface area (Å²) in [5, 5.41) is 3.30. The molecule has 1 aromatic heterocycles. The predicted molar refractivity (Wildman–Crippen MR) is 96.7 cm³/mol. The first-order valence-corrected chi connectivity index (χ1v) is 8.26. The molecule has 2 aromatic rings. The van der Waals surface area contributed by atoms with Crippen molar-refractivity contribution < 1.29 is 19.0 Å². The molecule has 1 unspecified atom stereocenters. The van der Waals surface area contributed by atoms with Crippen LogP contribution in [0, 0.1) is 0 Å². The molecule has 1 N–H and O–H groups in total. The number of fused-ring (bicyclic) bond motifs is 1. The summed E-state index contributed by atoms with van der Waals surface area (Å²) in [5.74, 6) is 0.775. The van der Waals surface area contributed by atoms with Gasteiger partial charge in [-0.1, -0.05) is 30.3 Å². The summed E-state index contributed by atoms with van der Waals surface area (Å²) >= 11 is 0. The van der Waals surface area contributed by atoms with E-state index in [-0.39, 0.29) is 24.4 Å². The minimum atomic E-state index is -0.279. The number of carbonyl (C=O) groups excluding carboxylic acids is 1. The maximum atomic E-state index is 11.7. The SMILES string of the molecule is COC(=O)CC1CN(Cc2ccccc2)c2nc(OC)nc(OC)c2N1. The first-order chi connectivity index (χ1) is 12.6. The molecule has 3 rings (SSSR count). The average Bonchev–Trinajstić information content (AvgIpc) is 2.68. The number of nitrogens with one attached hydrogen (secondary N) is 1. The fourth-order valence-corrected chi connectivity index (χ4v) is 2.95. The number of hydrogen-bond acceptors (Lipinski definition) is 8. The molecule has 0 bridgehead atoms. The van der Waals surface area contributed by atoms with E-state index in [1.54, 1.807) is 0 Å². The molecule has 0 saturated heterocycles. The molecule has 8 nitrogen and oxygen atoms in total. The minimum Gasteiger partial charge on any atom is -0.479 e. The maximum Gasteiger partial charge on any atom is 0.321 e. The molecule has 0 radical (unpaired) electrons. The highest BCUT2D eigenvalue weighted by molar-refractivity contribution is 5.77. The molecule has 0 fully saturated rings. The molecule has 138 valence electrons. The van der Waals surface area contributed by atoms with Crippen molar-refractivity contribution in [1.29, 1.82) is 0 Å². The van der Waals surface area contributed by atoms with Gasteiger partial charge in [0.05, 0.1) is 33.8 Å². The molecule has 0 aliphatic carbocycles. The predicted octanol–water partition coefficient (Wildman–Crippen LogP) is 1.86. The van der Waals surface area contributed by atoms with Crippen LogP contribution in [0.25, 0.3) is 0 Å². The smallest absolute Gasteiger partial charge is 0.321 e. The van der Waals surface area contributed by atoms with Crippen molar-refractivity contribution in [2.75, 3.05) is 38.1 Å². The van der Waals surface area contributed by atoms with Crippen LogP contribution in [-0.2, 0) is 16.1 Å². The van der Waals surface area contributed by atoms with E-state index < -0.39 is 0 Å². The zero-order chi connectivity index (χ0) is 18.5. The third-order valence-corrected chi connectivity index (χ3v) is 4.16. The molecule has 1 aliphatic heterocycles. The van der Waals surface area contributed by atoms with Crippen molar-refractivity contribution in [2.45, 2.75) is 19.0 Å². The van der Waals surface area contributed by atoms with Gasteiger partial charge in [-0.25, -0.2) is 0 Å². The molecular formula is C18H22N4O4. The normalized spacial score (nSPS) is 15.7. The lowest BCUT2D eigenvalue weighted by atomic mass is 10.1. The number of esters is 1. The summed E-state index contributed by atoms with van der Waals surface area (Å²) in [5.41, 5.74) is 1.78. The van der Waals surface area contributed by atoms with Crippen LogP contribution in [0.4, 0.5) is 11.5 Å². The summed E-state index contributed by atoms with van der Waals surface area (Å²) in [4.78, 5) is 22.6. The first-order valence-electron chi connectivity index (χ1n) is 8.26. The van der Waals surface area contributed by atoms with Crippen LogP contribution in [0.3, 0.4) is 0 Å². The van der Waals surface area contributed by atoms with E-state index in [4.69, 9.17) is 14.2 Å². The molecular weight excluding hydrogens is 336 g/mol. The van der Waals surface area contributed by atoms with Gasteiger partial charge in [0.2, 0.25) is 5.88 Å². The van der Waals surface area contributed by atoms with E-state index >= 15 is 0 Å². The van der Waals surface area contributed by atoms with Crippen LogP contribution < -0.4 is 19.7 Å². The summed E-state index contributed by atoms with van der Waals surface area (Å²) in [6, 6.07) is 10.1. The van der Waals surface area contributed by atoms with Crippen LogP contribution >= 0.6 is 0 Å². The maximum absolute atomic E-state index is 11.7. The van der Waals surface area contributed by atoms with Gasteiger partial charge < -0.3 is 24.4 Å². The van der Waals surface area contributed by atoms with Crippen molar-refractivity contribution in [3.63, 3.8) is 0 Å². The van der Waals surface area contributed by atoms with Gasteiger partial charge in [0.25, 0.3) is 0 Å². The third-order valence-electron chi connectivity index (χ3n) is 4.16. The lowest BCUT2D eigenvalue weighted by Crippen LogP contribution is -2.43. The number of ether oxygens (including phenoxy) is 3. The first kappa shape index (κ1) is 17.8. The zero-order valence-corrected chi connectivity index (χ0v) is 15.1. The highest BCUT2D eigenvalue weighted by Gasteiger charge is 2.31. The third kappa shape index (κ3) is 3.79. The molecule has 1 aromatic carbocycles. The number of benzene rings is 1. The number of nitrogens with zero attached hydrogens (tertiary/aromatic N) is 3. The average molecular weight is 358 g/mol. The number of rotatable bonds is 6. The topological polar surface area (TPSA) is 85.8 Å². The Morgan fingerprint density at radius 1 is 1.19 bits per heavy atom. The van der Waals surface area contributed by atoms with E-state index in [0.717, 1.165) is 5.56 Å². The van der Waals surface area contributed by atoms with Crippen LogP contribution in [-0.4, -0.2) is 49.9 Å². The lowest BCUT2D eigenvalue weighted by molar-refractivity contribution is -0.140. The van der Waals surface area contributed by atoms with Crippen LogP contribution in [0.5, 0.6) is 11.9 Å². The van der Waals surface area contributed by atoms with Gasteiger partial charge >= 0.3 is 12.0 Å². The quantitative estimate of drug-likeness (QED) is 0.783. The van der Waals surface area contributed by atoms with E-state index in [2.05, 4.69) is 20.2 Å². The molecule has 0 amide bonds. The fourth-order valence-electron chi connectivity index (χ4n) is 2.95. The molecule has 2 heterocycles. The molecule has 26 heavy (non-hydrogen) atoms. The summed E-state index contributed by atoms with van der Waals surface area (Å²) in [7, 11) is 4.43. The Morgan fingerprint density at radius 2 is 1.96 bits per heavy atom. The zero-order valence-electron chi connectivity index (χ0n) is 15.1. The molecule has 0 saturated carbocycles. The Balaban J connectivity index is 1.97. The Bertz CT molecular complexity index is 769. The van der Waals surface area contributed by atoms with Crippen LogP contribution in [0.1, 0.15) is 12.0 Å². The van der Waals surface area contributed by atoms with Crippen LogP contribution in [0.15, 0.2) is 30.3 Å².